The quantitative estimate of drug-likeness (QED) is 0.745. The Labute approximate surface area is 112 Å². The van der Waals surface area contributed by atoms with Crippen LogP contribution in [-0.4, -0.2) is 22.5 Å². The van der Waals surface area contributed by atoms with Crippen molar-refractivity contribution in [1.82, 2.24) is 9.78 Å². The fraction of sp³-hybridized carbons (Fsp3) is 0.700. The number of aryl methyl sites for hydroxylation is 1. The van der Waals surface area contributed by atoms with Crippen LogP contribution in [0.3, 0.4) is 0 Å². The summed E-state index contributed by atoms with van der Waals surface area (Å²) >= 11 is 5.69. The van der Waals surface area contributed by atoms with Crippen molar-refractivity contribution in [1.29, 1.82) is 0 Å². The predicted molar refractivity (Wildman–Crippen MR) is 70.9 cm³/mol. The second-order valence-corrected chi connectivity index (χ2v) is 5.68. The van der Waals surface area contributed by atoms with Crippen molar-refractivity contribution in [3.05, 3.63) is 14.4 Å². The molecular formula is C10H14BrIN2O. The van der Waals surface area contributed by atoms with Crippen LogP contribution in [0, 0.1) is 3.70 Å². The van der Waals surface area contributed by atoms with Gasteiger partial charge in [-0.25, -0.2) is 0 Å². The van der Waals surface area contributed by atoms with Gasteiger partial charge in [0.05, 0.1) is 10.6 Å². The molecule has 5 heteroatoms. The molecule has 0 saturated carbocycles. The molecule has 1 fully saturated rings. The number of aromatic nitrogens is 2. The molecule has 0 aromatic carbocycles. The van der Waals surface area contributed by atoms with Gasteiger partial charge in [0.25, 0.3) is 0 Å². The lowest BCUT2D eigenvalue weighted by Crippen LogP contribution is -2.07. The summed E-state index contributed by atoms with van der Waals surface area (Å²) in [6.07, 6.45) is 7.32. The Morgan fingerprint density at radius 1 is 1.67 bits per heavy atom. The van der Waals surface area contributed by atoms with Gasteiger partial charge in [0.2, 0.25) is 0 Å². The fourth-order valence-electron chi connectivity index (χ4n) is 1.84. The number of halogens is 2. The van der Waals surface area contributed by atoms with Crippen molar-refractivity contribution >= 4 is 38.5 Å². The summed E-state index contributed by atoms with van der Waals surface area (Å²) in [5, 5.41) is 4.39. The van der Waals surface area contributed by atoms with Crippen LogP contribution in [0.25, 0.3) is 0 Å². The van der Waals surface area contributed by atoms with Crippen LogP contribution in [0.2, 0.25) is 0 Å². The van der Waals surface area contributed by atoms with Crippen LogP contribution in [0.15, 0.2) is 10.7 Å². The first-order valence-corrected chi connectivity index (χ1v) is 7.13. The Hall–Kier alpha value is 0.380. The lowest BCUT2D eigenvalue weighted by atomic mass is 10.1. The van der Waals surface area contributed by atoms with E-state index < -0.39 is 0 Å². The van der Waals surface area contributed by atoms with Gasteiger partial charge in [-0.05, 0) is 64.2 Å². The van der Waals surface area contributed by atoms with Gasteiger partial charge in [-0.15, -0.1) is 0 Å². The van der Waals surface area contributed by atoms with E-state index in [1.165, 1.54) is 12.8 Å². The highest BCUT2D eigenvalue weighted by Crippen LogP contribution is 2.19. The van der Waals surface area contributed by atoms with Gasteiger partial charge in [-0.2, -0.15) is 5.10 Å². The maximum absolute atomic E-state index is 5.58. The van der Waals surface area contributed by atoms with Gasteiger partial charge in [0.15, 0.2) is 0 Å². The van der Waals surface area contributed by atoms with Gasteiger partial charge < -0.3 is 4.74 Å². The third-order valence-electron chi connectivity index (χ3n) is 2.61. The van der Waals surface area contributed by atoms with Crippen molar-refractivity contribution in [3.8, 4) is 0 Å². The molecule has 0 N–H and O–H groups in total. The molecule has 1 unspecified atom stereocenters. The summed E-state index contributed by atoms with van der Waals surface area (Å²) in [5.41, 5.74) is 0. The van der Waals surface area contributed by atoms with E-state index in [2.05, 4.69) is 43.6 Å². The van der Waals surface area contributed by atoms with Crippen molar-refractivity contribution < 1.29 is 4.74 Å². The average molecular weight is 385 g/mol. The SMILES string of the molecule is Brc1cn(CCCC2CCCO2)nc1I. The van der Waals surface area contributed by atoms with E-state index in [1.807, 2.05) is 10.9 Å². The molecule has 15 heavy (non-hydrogen) atoms. The molecule has 0 bridgehead atoms. The molecule has 1 saturated heterocycles. The van der Waals surface area contributed by atoms with Gasteiger partial charge in [-0.3, -0.25) is 4.68 Å². The minimum atomic E-state index is 0.503. The van der Waals surface area contributed by atoms with Crippen LogP contribution < -0.4 is 0 Å². The van der Waals surface area contributed by atoms with Gasteiger partial charge in [0.1, 0.15) is 3.70 Å². The number of rotatable bonds is 4. The van der Waals surface area contributed by atoms with Gasteiger partial charge in [-0.1, -0.05) is 0 Å². The summed E-state index contributed by atoms with van der Waals surface area (Å²) in [5.74, 6) is 0. The topological polar surface area (TPSA) is 27.1 Å². The summed E-state index contributed by atoms with van der Waals surface area (Å²) < 4.78 is 9.70. The highest BCUT2D eigenvalue weighted by Gasteiger charge is 2.14. The number of hydrogen-bond donors (Lipinski definition) is 0. The highest BCUT2D eigenvalue weighted by molar-refractivity contribution is 14.1. The molecule has 84 valence electrons. The summed E-state index contributed by atoms with van der Waals surface area (Å²) in [6, 6.07) is 0. The lowest BCUT2D eigenvalue weighted by molar-refractivity contribution is 0.101. The molecule has 0 amide bonds. The van der Waals surface area contributed by atoms with E-state index in [4.69, 9.17) is 4.74 Å². The van der Waals surface area contributed by atoms with E-state index in [0.29, 0.717) is 6.10 Å². The molecule has 3 nitrogen and oxygen atoms in total. The molecule has 1 aromatic heterocycles. The zero-order valence-corrected chi connectivity index (χ0v) is 12.2. The first-order chi connectivity index (χ1) is 7.25. The van der Waals surface area contributed by atoms with Crippen LogP contribution in [-0.2, 0) is 11.3 Å². The Bertz CT molecular complexity index is 304. The van der Waals surface area contributed by atoms with E-state index >= 15 is 0 Å². The Kier molecular flexibility index (Phi) is 4.45. The molecule has 0 radical (unpaired) electrons. The van der Waals surface area contributed by atoms with Crippen LogP contribution in [0.1, 0.15) is 25.7 Å². The second kappa shape index (κ2) is 5.63. The van der Waals surface area contributed by atoms with Crippen molar-refractivity contribution in [2.75, 3.05) is 6.61 Å². The Morgan fingerprint density at radius 3 is 3.13 bits per heavy atom. The molecule has 0 spiro atoms. The first kappa shape index (κ1) is 11.9. The standard InChI is InChI=1S/C10H14BrIN2O/c11-9-7-14(13-10(9)12)5-1-3-8-4-2-6-15-8/h7-8H,1-6H2. The molecule has 2 heterocycles. The van der Waals surface area contributed by atoms with Crippen LogP contribution in [0.4, 0.5) is 0 Å². The van der Waals surface area contributed by atoms with Crippen molar-refractivity contribution in [3.63, 3.8) is 0 Å². The predicted octanol–water partition coefficient (Wildman–Crippen LogP) is 3.21. The summed E-state index contributed by atoms with van der Waals surface area (Å²) in [4.78, 5) is 0. The summed E-state index contributed by atoms with van der Waals surface area (Å²) in [6.45, 7) is 1.94. The zero-order chi connectivity index (χ0) is 10.7. The third-order valence-corrected chi connectivity index (χ3v) is 4.73. The second-order valence-electron chi connectivity index (χ2n) is 3.81. The molecule has 0 aliphatic carbocycles. The average Bonchev–Trinajstić information content (AvgIpc) is 2.79. The Morgan fingerprint density at radius 2 is 2.53 bits per heavy atom. The van der Waals surface area contributed by atoms with E-state index in [-0.39, 0.29) is 0 Å². The largest absolute Gasteiger partial charge is 0.378 e. The number of ether oxygens (including phenoxy) is 1. The molecule has 2 rings (SSSR count). The van der Waals surface area contributed by atoms with Crippen molar-refractivity contribution in [2.24, 2.45) is 0 Å². The minimum Gasteiger partial charge on any atom is -0.378 e. The number of nitrogens with zero attached hydrogens (tertiary/aromatic N) is 2. The molecular weight excluding hydrogens is 371 g/mol. The molecule has 1 aromatic rings. The Balaban J connectivity index is 1.73. The lowest BCUT2D eigenvalue weighted by Gasteiger charge is -2.08. The maximum Gasteiger partial charge on any atom is 0.137 e. The first-order valence-electron chi connectivity index (χ1n) is 5.26. The normalized spacial score (nSPS) is 21.1. The smallest absolute Gasteiger partial charge is 0.137 e. The van der Waals surface area contributed by atoms with E-state index in [9.17, 15) is 0 Å². The van der Waals surface area contributed by atoms with Gasteiger partial charge in [0, 0.05) is 19.3 Å². The summed E-state index contributed by atoms with van der Waals surface area (Å²) in [7, 11) is 0. The molecule has 1 atom stereocenters. The third kappa shape index (κ3) is 3.42. The van der Waals surface area contributed by atoms with Crippen molar-refractivity contribution in [2.45, 2.75) is 38.3 Å². The monoisotopic (exact) mass is 384 g/mol. The zero-order valence-electron chi connectivity index (χ0n) is 8.46. The van der Waals surface area contributed by atoms with Gasteiger partial charge >= 0.3 is 0 Å². The molecule has 1 aliphatic rings. The van der Waals surface area contributed by atoms with Crippen LogP contribution in [0.5, 0.6) is 0 Å². The maximum atomic E-state index is 5.58. The van der Waals surface area contributed by atoms with Crippen LogP contribution >= 0.6 is 38.5 Å². The molecule has 1 aliphatic heterocycles. The number of hydrogen-bond acceptors (Lipinski definition) is 2. The minimum absolute atomic E-state index is 0.503. The fourth-order valence-corrected chi connectivity index (χ4v) is 2.57. The highest BCUT2D eigenvalue weighted by atomic mass is 127. The van der Waals surface area contributed by atoms with E-state index in [1.54, 1.807) is 0 Å². The van der Waals surface area contributed by atoms with E-state index in [0.717, 1.165) is 34.2 Å².